The minimum Gasteiger partial charge on any atom is -0.103 e. The Bertz CT molecular complexity index is 179. The predicted octanol–water partition coefficient (Wildman–Crippen LogP) is 3.69. The molecule has 0 saturated carbocycles. The molecule has 0 spiro atoms. The molecule has 0 N–H and O–H groups in total. The molecule has 1 rings (SSSR count). The number of hydrogen-bond donors (Lipinski definition) is 0. The van der Waals surface area contributed by atoms with Crippen LogP contribution < -0.4 is 0 Å². The molecule has 1 aromatic rings. The van der Waals surface area contributed by atoms with Crippen molar-refractivity contribution in [3.8, 4) is 0 Å². The van der Waals surface area contributed by atoms with Crippen LogP contribution in [0.4, 0.5) is 0 Å². The summed E-state index contributed by atoms with van der Waals surface area (Å²) in [6, 6.07) is 10.5. The zero-order valence-corrected chi connectivity index (χ0v) is 7.38. The fourth-order valence-electron chi connectivity index (χ4n) is 0.714. The van der Waals surface area contributed by atoms with Crippen LogP contribution in [0.2, 0.25) is 0 Å². The summed E-state index contributed by atoms with van der Waals surface area (Å²) in [6.07, 6.45) is 2.89. The van der Waals surface area contributed by atoms with Gasteiger partial charge in [-0.1, -0.05) is 43.3 Å². The van der Waals surface area contributed by atoms with E-state index in [0.29, 0.717) is 0 Å². The van der Waals surface area contributed by atoms with Gasteiger partial charge in [0.25, 0.3) is 0 Å². The Labute approximate surface area is 71.1 Å². The zero-order valence-electron chi connectivity index (χ0n) is 7.38. The number of hydrogen-bond acceptors (Lipinski definition) is 0. The first-order valence-corrected chi connectivity index (χ1v) is 3.96. The van der Waals surface area contributed by atoms with Gasteiger partial charge in [-0.25, -0.2) is 0 Å². The van der Waals surface area contributed by atoms with Crippen LogP contribution in [0.25, 0.3) is 0 Å². The van der Waals surface area contributed by atoms with Gasteiger partial charge in [-0.05, 0) is 18.9 Å². The highest BCUT2D eigenvalue weighted by Gasteiger charge is 1.79. The second-order valence-corrected chi connectivity index (χ2v) is 2.25. The Morgan fingerprint density at radius 1 is 1.36 bits per heavy atom. The SMILES string of the molecule is C=CC.CCc1ccccc1.[HH]. The van der Waals surface area contributed by atoms with Crippen LogP contribution >= 0.6 is 0 Å². The minimum atomic E-state index is 0. The van der Waals surface area contributed by atoms with E-state index in [1.54, 1.807) is 6.08 Å². The Morgan fingerprint density at radius 3 is 2.09 bits per heavy atom. The standard InChI is InChI=1S/C8H10.C3H6.H2/c1-2-8-6-4-3-5-7-8;1-3-2;/h3-7H,2H2,1H3;3H,1H2,2H3;1H. The molecule has 0 bridgehead atoms. The highest BCUT2D eigenvalue weighted by Crippen LogP contribution is 1.96. The van der Waals surface area contributed by atoms with Crippen LogP contribution in [0.15, 0.2) is 43.0 Å². The van der Waals surface area contributed by atoms with E-state index in [-0.39, 0.29) is 1.43 Å². The molecule has 0 heteroatoms. The van der Waals surface area contributed by atoms with Crippen LogP contribution in [0.5, 0.6) is 0 Å². The maximum absolute atomic E-state index is 3.36. The lowest BCUT2D eigenvalue weighted by Crippen LogP contribution is -1.73. The van der Waals surface area contributed by atoms with Crippen molar-refractivity contribution < 1.29 is 1.43 Å². The van der Waals surface area contributed by atoms with E-state index >= 15 is 0 Å². The summed E-state index contributed by atoms with van der Waals surface area (Å²) in [5, 5.41) is 0. The normalized spacial score (nSPS) is 7.82. The fraction of sp³-hybridized carbons (Fsp3) is 0.273. The van der Waals surface area contributed by atoms with Crippen molar-refractivity contribution in [2.24, 2.45) is 0 Å². The van der Waals surface area contributed by atoms with Crippen molar-refractivity contribution in [2.75, 3.05) is 0 Å². The van der Waals surface area contributed by atoms with Gasteiger partial charge in [0, 0.05) is 1.43 Å². The van der Waals surface area contributed by atoms with E-state index in [1.165, 1.54) is 5.56 Å². The summed E-state index contributed by atoms with van der Waals surface area (Å²) in [5.74, 6) is 0. The molecule has 0 aliphatic heterocycles. The van der Waals surface area contributed by atoms with Crippen molar-refractivity contribution in [1.82, 2.24) is 0 Å². The molecular weight excluding hydrogens is 132 g/mol. The summed E-state index contributed by atoms with van der Waals surface area (Å²) < 4.78 is 0. The van der Waals surface area contributed by atoms with E-state index in [0.717, 1.165) is 6.42 Å². The average molecular weight is 150 g/mol. The Balaban J connectivity index is 0. The average Bonchev–Trinajstić information content (AvgIpc) is 2.08. The molecule has 11 heavy (non-hydrogen) atoms. The fourth-order valence-corrected chi connectivity index (χ4v) is 0.714. The molecule has 0 aliphatic rings. The molecule has 0 amide bonds. The molecule has 0 aliphatic carbocycles. The maximum atomic E-state index is 3.36. The highest BCUT2D eigenvalue weighted by atomic mass is 13.9. The highest BCUT2D eigenvalue weighted by molar-refractivity contribution is 5.13. The summed E-state index contributed by atoms with van der Waals surface area (Å²) >= 11 is 0. The minimum absolute atomic E-state index is 0. The predicted molar refractivity (Wildman–Crippen MR) is 53.8 cm³/mol. The number of benzene rings is 1. The third-order valence-corrected chi connectivity index (χ3v) is 1.25. The van der Waals surface area contributed by atoms with Crippen LogP contribution in [0.3, 0.4) is 0 Å². The van der Waals surface area contributed by atoms with Crippen molar-refractivity contribution in [3.05, 3.63) is 48.6 Å². The monoisotopic (exact) mass is 150 g/mol. The van der Waals surface area contributed by atoms with E-state index in [9.17, 15) is 0 Å². The number of aryl methyl sites for hydroxylation is 1. The molecule has 0 unspecified atom stereocenters. The van der Waals surface area contributed by atoms with E-state index in [4.69, 9.17) is 0 Å². The van der Waals surface area contributed by atoms with E-state index < -0.39 is 0 Å². The van der Waals surface area contributed by atoms with E-state index in [2.05, 4.69) is 37.8 Å². The lowest BCUT2D eigenvalue weighted by Gasteiger charge is -1.89. The van der Waals surface area contributed by atoms with Gasteiger partial charge in [0.2, 0.25) is 0 Å². The smallest absolute Gasteiger partial charge is 0 e. The summed E-state index contributed by atoms with van der Waals surface area (Å²) in [5.41, 5.74) is 1.41. The maximum Gasteiger partial charge on any atom is 0 e. The first kappa shape index (κ1) is 9.96. The van der Waals surface area contributed by atoms with Gasteiger partial charge in [-0.2, -0.15) is 0 Å². The summed E-state index contributed by atoms with van der Waals surface area (Å²) in [6.45, 7) is 7.41. The van der Waals surface area contributed by atoms with Gasteiger partial charge >= 0.3 is 0 Å². The zero-order chi connectivity index (χ0) is 8.53. The first-order chi connectivity index (χ1) is 5.35. The summed E-state index contributed by atoms with van der Waals surface area (Å²) in [7, 11) is 0. The van der Waals surface area contributed by atoms with Crippen molar-refractivity contribution >= 4 is 0 Å². The molecule has 0 heterocycles. The van der Waals surface area contributed by atoms with Crippen LogP contribution in [-0.2, 0) is 6.42 Å². The molecule has 1 aromatic carbocycles. The van der Waals surface area contributed by atoms with Crippen molar-refractivity contribution in [2.45, 2.75) is 20.3 Å². The topological polar surface area (TPSA) is 0 Å². The third kappa shape index (κ3) is 5.41. The molecule has 0 nitrogen and oxygen atoms in total. The first-order valence-electron chi connectivity index (χ1n) is 3.96. The van der Waals surface area contributed by atoms with Crippen LogP contribution in [-0.4, -0.2) is 0 Å². The lowest BCUT2D eigenvalue weighted by molar-refractivity contribution is 1.14. The number of allylic oxidation sites excluding steroid dienone is 1. The van der Waals surface area contributed by atoms with Gasteiger partial charge in [-0.3, -0.25) is 0 Å². The summed E-state index contributed by atoms with van der Waals surface area (Å²) in [4.78, 5) is 0. The Morgan fingerprint density at radius 2 is 1.82 bits per heavy atom. The van der Waals surface area contributed by atoms with Gasteiger partial charge < -0.3 is 0 Å². The lowest BCUT2D eigenvalue weighted by atomic mass is 10.2. The van der Waals surface area contributed by atoms with Gasteiger partial charge in [0.15, 0.2) is 0 Å². The second kappa shape index (κ2) is 7.07. The molecule has 0 atom stereocenters. The van der Waals surface area contributed by atoms with Gasteiger partial charge in [0.1, 0.15) is 0 Å². The Hall–Kier alpha value is -1.04. The largest absolute Gasteiger partial charge is 0.103 e. The Kier molecular flexibility index (Phi) is 6.40. The quantitative estimate of drug-likeness (QED) is 0.536. The third-order valence-electron chi connectivity index (χ3n) is 1.25. The molecular formula is C11H18. The van der Waals surface area contributed by atoms with Crippen LogP contribution in [0, 0.1) is 0 Å². The molecule has 0 radical (unpaired) electrons. The van der Waals surface area contributed by atoms with Gasteiger partial charge in [-0.15, -0.1) is 6.58 Å². The van der Waals surface area contributed by atoms with E-state index in [1.807, 2.05) is 13.0 Å². The molecule has 62 valence electrons. The number of rotatable bonds is 1. The van der Waals surface area contributed by atoms with Crippen molar-refractivity contribution in [1.29, 1.82) is 0 Å². The molecule has 0 fully saturated rings. The second-order valence-electron chi connectivity index (χ2n) is 2.25. The van der Waals surface area contributed by atoms with Crippen LogP contribution in [0.1, 0.15) is 20.8 Å². The molecule has 0 aromatic heterocycles. The van der Waals surface area contributed by atoms with Crippen molar-refractivity contribution in [3.63, 3.8) is 0 Å². The van der Waals surface area contributed by atoms with Gasteiger partial charge in [0.05, 0.1) is 0 Å². The molecule has 0 saturated heterocycles.